The van der Waals surface area contributed by atoms with Crippen molar-refractivity contribution in [3.8, 4) is 5.75 Å². The van der Waals surface area contributed by atoms with Gasteiger partial charge in [0.15, 0.2) is 0 Å². The number of aryl methyl sites for hydroxylation is 1. The minimum absolute atomic E-state index is 0.149. The quantitative estimate of drug-likeness (QED) is 0.939. The summed E-state index contributed by atoms with van der Waals surface area (Å²) in [6.45, 7) is 4.02. The average Bonchev–Trinajstić information content (AvgIpc) is 2.95. The van der Waals surface area contributed by atoms with Crippen LogP contribution in [0.2, 0.25) is 5.02 Å². The Morgan fingerprint density at radius 2 is 2.00 bits per heavy atom. The lowest BCUT2D eigenvalue weighted by Gasteiger charge is -2.36. The molecule has 2 heterocycles. The Hall–Kier alpha value is -1.49. The van der Waals surface area contributed by atoms with Gasteiger partial charge in [0.05, 0.1) is 13.2 Å². The van der Waals surface area contributed by atoms with Gasteiger partial charge < -0.3 is 14.6 Å². The van der Waals surface area contributed by atoms with Crippen LogP contribution >= 0.6 is 11.6 Å². The van der Waals surface area contributed by atoms with Crippen LogP contribution < -0.4 is 10.1 Å². The van der Waals surface area contributed by atoms with Crippen molar-refractivity contribution in [2.45, 2.75) is 6.04 Å². The van der Waals surface area contributed by atoms with Gasteiger partial charge in [-0.05, 0) is 30.3 Å². The zero-order chi connectivity index (χ0) is 15.5. The summed E-state index contributed by atoms with van der Waals surface area (Å²) in [5.41, 5.74) is 2.38. The molecule has 3 rings (SSSR count). The molecule has 118 valence electrons. The third-order valence-corrected chi connectivity index (χ3v) is 4.50. The van der Waals surface area contributed by atoms with E-state index in [9.17, 15) is 0 Å². The molecule has 1 aromatic carbocycles. The normalized spacial score (nSPS) is 17.4. The van der Waals surface area contributed by atoms with Crippen LogP contribution in [0, 0.1) is 0 Å². The molecule has 4 nitrogen and oxygen atoms in total. The highest BCUT2D eigenvalue weighted by Gasteiger charge is 2.28. The lowest BCUT2D eigenvalue weighted by atomic mass is 9.99. The molecular formula is C17H22ClN3O. The molecule has 22 heavy (non-hydrogen) atoms. The summed E-state index contributed by atoms with van der Waals surface area (Å²) in [7, 11) is 3.80. The highest BCUT2D eigenvalue weighted by Crippen LogP contribution is 2.36. The van der Waals surface area contributed by atoms with E-state index in [1.807, 2.05) is 18.2 Å². The molecule has 1 aromatic heterocycles. The Balaban J connectivity index is 2.09. The summed E-state index contributed by atoms with van der Waals surface area (Å²) in [4.78, 5) is 2.49. The largest absolute Gasteiger partial charge is 0.496 e. The molecule has 5 heteroatoms. The van der Waals surface area contributed by atoms with Gasteiger partial charge in [0.1, 0.15) is 5.75 Å². The summed E-state index contributed by atoms with van der Waals surface area (Å²) < 4.78 is 7.77. The van der Waals surface area contributed by atoms with Crippen molar-refractivity contribution in [1.82, 2.24) is 14.8 Å². The highest BCUT2D eigenvalue weighted by atomic mass is 35.5. The molecular weight excluding hydrogens is 298 g/mol. The van der Waals surface area contributed by atoms with Gasteiger partial charge in [-0.15, -0.1) is 0 Å². The molecule has 1 fully saturated rings. The van der Waals surface area contributed by atoms with Gasteiger partial charge in [-0.3, -0.25) is 4.90 Å². The summed E-state index contributed by atoms with van der Waals surface area (Å²) in [6.07, 6.45) is 2.08. The summed E-state index contributed by atoms with van der Waals surface area (Å²) in [5, 5.41) is 4.16. The second kappa shape index (κ2) is 6.73. The van der Waals surface area contributed by atoms with Gasteiger partial charge in [-0.1, -0.05) is 11.6 Å². The molecule has 0 bridgehead atoms. The van der Waals surface area contributed by atoms with E-state index in [4.69, 9.17) is 16.3 Å². The number of nitrogens with one attached hydrogen (secondary N) is 1. The third-order valence-electron chi connectivity index (χ3n) is 4.27. The molecule has 1 saturated heterocycles. The molecule has 0 amide bonds. The molecule has 1 aliphatic heterocycles. The Morgan fingerprint density at radius 3 is 2.64 bits per heavy atom. The Bertz CT molecular complexity index is 635. The van der Waals surface area contributed by atoms with Crippen LogP contribution in [-0.4, -0.2) is 42.8 Å². The van der Waals surface area contributed by atoms with Crippen molar-refractivity contribution >= 4 is 11.6 Å². The van der Waals surface area contributed by atoms with Gasteiger partial charge in [0.2, 0.25) is 0 Å². The van der Waals surface area contributed by atoms with E-state index in [2.05, 4.69) is 40.2 Å². The fourth-order valence-corrected chi connectivity index (χ4v) is 3.34. The number of halogens is 1. The SMILES string of the molecule is COc1ccc(Cl)cc1C(c1cccn1C)N1CCNCC1. The molecule has 2 aromatic rings. The van der Waals surface area contributed by atoms with Gasteiger partial charge in [-0.25, -0.2) is 0 Å². The fraction of sp³-hybridized carbons (Fsp3) is 0.412. The van der Waals surface area contributed by atoms with Crippen LogP contribution in [0.4, 0.5) is 0 Å². The van der Waals surface area contributed by atoms with E-state index >= 15 is 0 Å². The summed E-state index contributed by atoms with van der Waals surface area (Å²) >= 11 is 6.26. The number of ether oxygens (including phenoxy) is 1. The predicted octanol–water partition coefficient (Wildman–Crippen LogP) is 2.68. The fourth-order valence-electron chi connectivity index (χ4n) is 3.16. The lowest BCUT2D eigenvalue weighted by Crippen LogP contribution is -2.45. The number of nitrogens with zero attached hydrogens (tertiary/aromatic N) is 2. The van der Waals surface area contributed by atoms with E-state index in [0.717, 1.165) is 42.5 Å². The molecule has 1 N–H and O–H groups in total. The first-order valence-corrected chi connectivity index (χ1v) is 7.98. The Kier molecular flexibility index (Phi) is 4.71. The second-order valence-electron chi connectivity index (χ2n) is 5.62. The maximum Gasteiger partial charge on any atom is 0.124 e. The van der Waals surface area contributed by atoms with Crippen molar-refractivity contribution in [2.24, 2.45) is 7.05 Å². The maximum atomic E-state index is 6.26. The minimum atomic E-state index is 0.149. The topological polar surface area (TPSA) is 29.4 Å². The van der Waals surface area contributed by atoms with Crippen LogP contribution in [0.1, 0.15) is 17.3 Å². The standard InChI is InChI=1S/C17H22ClN3O/c1-20-9-3-4-15(20)17(21-10-7-19-8-11-21)14-12-13(18)5-6-16(14)22-2/h3-6,9,12,17,19H,7-8,10-11H2,1-2H3. The van der Waals surface area contributed by atoms with E-state index < -0.39 is 0 Å². The first-order chi connectivity index (χ1) is 10.7. The Labute approximate surface area is 136 Å². The number of benzene rings is 1. The molecule has 1 unspecified atom stereocenters. The molecule has 0 radical (unpaired) electrons. The van der Waals surface area contributed by atoms with Crippen LogP contribution in [0.5, 0.6) is 5.75 Å². The number of rotatable bonds is 4. The van der Waals surface area contributed by atoms with Crippen LogP contribution in [-0.2, 0) is 7.05 Å². The van der Waals surface area contributed by atoms with Gasteiger partial charge in [-0.2, -0.15) is 0 Å². The average molecular weight is 320 g/mol. The predicted molar refractivity (Wildman–Crippen MR) is 89.7 cm³/mol. The van der Waals surface area contributed by atoms with Crippen molar-refractivity contribution in [1.29, 1.82) is 0 Å². The van der Waals surface area contributed by atoms with E-state index in [1.165, 1.54) is 5.69 Å². The molecule has 0 aliphatic carbocycles. The van der Waals surface area contributed by atoms with Gasteiger partial charge in [0.25, 0.3) is 0 Å². The zero-order valence-corrected chi connectivity index (χ0v) is 13.8. The number of hydrogen-bond acceptors (Lipinski definition) is 3. The second-order valence-corrected chi connectivity index (χ2v) is 6.06. The van der Waals surface area contributed by atoms with Crippen LogP contribution in [0.25, 0.3) is 0 Å². The van der Waals surface area contributed by atoms with E-state index in [0.29, 0.717) is 0 Å². The summed E-state index contributed by atoms with van der Waals surface area (Å²) in [6, 6.07) is 10.3. The highest BCUT2D eigenvalue weighted by molar-refractivity contribution is 6.30. The Morgan fingerprint density at radius 1 is 1.23 bits per heavy atom. The summed E-state index contributed by atoms with van der Waals surface area (Å²) in [5.74, 6) is 0.883. The maximum absolute atomic E-state index is 6.26. The van der Waals surface area contributed by atoms with Crippen molar-refractivity contribution in [3.63, 3.8) is 0 Å². The molecule has 1 aliphatic rings. The van der Waals surface area contributed by atoms with E-state index in [1.54, 1.807) is 7.11 Å². The zero-order valence-electron chi connectivity index (χ0n) is 13.1. The monoisotopic (exact) mass is 319 g/mol. The first kappa shape index (κ1) is 15.4. The van der Waals surface area contributed by atoms with Gasteiger partial charge >= 0.3 is 0 Å². The number of aromatic nitrogens is 1. The minimum Gasteiger partial charge on any atom is -0.496 e. The van der Waals surface area contributed by atoms with Crippen molar-refractivity contribution in [2.75, 3.05) is 33.3 Å². The van der Waals surface area contributed by atoms with Gasteiger partial charge in [0, 0.05) is 55.7 Å². The van der Waals surface area contributed by atoms with Crippen molar-refractivity contribution < 1.29 is 4.74 Å². The van der Waals surface area contributed by atoms with E-state index in [-0.39, 0.29) is 6.04 Å². The number of hydrogen-bond donors (Lipinski definition) is 1. The number of methoxy groups -OCH3 is 1. The third kappa shape index (κ3) is 3.00. The first-order valence-electron chi connectivity index (χ1n) is 7.60. The molecule has 0 saturated carbocycles. The van der Waals surface area contributed by atoms with Crippen LogP contribution in [0.3, 0.4) is 0 Å². The molecule has 0 spiro atoms. The number of piperazine rings is 1. The smallest absolute Gasteiger partial charge is 0.124 e. The molecule has 1 atom stereocenters. The van der Waals surface area contributed by atoms with Crippen LogP contribution in [0.15, 0.2) is 36.5 Å². The lowest BCUT2D eigenvalue weighted by molar-refractivity contribution is 0.190. The van der Waals surface area contributed by atoms with Crippen molar-refractivity contribution in [3.05, 3.63) is 52.8 Å².